The fraction of sp³-hybridized carbons (Fsp3) is 0.364. The molecule has 3 rings (SSSR count). The second-order valence-electron chi connectivity index (χ2n) is 12.3. The first-order valence-electron chi connectivity index (χ1n) is 12.7. The maximum atomic E-state index is 10.5. The van der Waals surface area contributed by atoms with Crippen molar-refractivity contribution in [3.05, 3.63) is 106 Å². The minimum Gasteiger partial charge on any atom is -0.545 e. The molecule has 0 fully saturated rings. The van der Waals surface area contributed by atoms with Gasteiger partial charge in [-0.05, 0) is 49.6 Å². The van der Waals surface area contributed by atoms with E-state index < -0.39 is 17.9 Å². The van der Waals surface area contributed by atoms with Crippen LogP contribution in [0.25, 0.3) is 0 Å². The van der Waals surface area contributed by atoms with Crippen molar-refractivity contribution in [2.24, 2.45) is 0 Å². The zero-order valence-electron chi connectivity index (χ0n) is 24.8. The van der Waals surface area contributed by atoms with Crippen molar-refractivity contribution in [3.8, 4) is 0 Å². The van der Waals surface area contributed by atoms with E-state index in [4.69, 9.17) is 0 Å². The van der Waals surface area contributed by atoms with Crippen LogP contribution in [0.3, 0.4) is 0 Å². The Balaban J connectivity index is 0.000000563. The van der Waals surface area contributed by atoms with Gasteiger partial charge in [0.05, 0.1) is 17.9 Å². The monoisotopic (exact) mass is 583 g/mol. The number of hydrogen-bond donors (Lipinski definition) is 0. The van der Waals surface area contributed by atoms with Gasteiger partial charge in [0.15, 0.2) is 0 Å². The first kappa shape index (κ1) is 36.6. The molecule has 0 saturated carbocycles. The van der Waals surface area contributed by atoms with E-state index in [1.165, 1.54) is 0 Å². The zero-order valence-corrected chi connectivity index (χ0v) is 26.1. The maximum absolute atomic E-state index is 10.5. The average molecular weight is 584 g/mol. The third-order valence-electron chi connectivity index (χ3n) is 5.96. The minimum atomic E-state index is -1.12. The molecule has 0 aliphatic rings. The number of carboxylic acid groups (broad SMARTS) is 3. The van der Waals surface area contributed by atoms with Crippen molar-refractivity contribution in [1.29, 1.82) is 0 Å². The van der Waals surface area contributed by atoms with Gasteiger partial charge in [-0.15, -0.1) is 0 Å². The standard InChI is InChI=1S/3C11H14O2.Cr/c3*1-11(2,3)9-6-4-8(5-7-9)10(12)13;/h3*4-7H,1-3H3,(H,12,13);/q;;;+3/p-3. The summed E-state index contributed by atoms with van der Waals surface area (Å²) in [6.07, 6.45) is 0. The van der Waals surface area contributed by atoms with Crippen molar-refractivity contribution in [3.63, 3.8) is 0 Å². The van der Waals surface area contributed by atoms with Crippen LogP contribution >= 0.6 is 0 Å². The molecule has 0 aliphatic carbocycles. The Hall–Kier alpha value is -3.40. The molecule has 0 aliphatic heterocycles. The molecule has 0 amide bonds. The minimum absolute atomic E-state index is 0. The average Bonchev–Trinajstić information content (AvgIpc) is 2.83. The molecule has 0 spiro atoms. The molecule has 1 radical (unpaired) electrons. The Morgan fingerprint density at radius 3 is 0.650 bits per heavy atom. The molecule has 7 heteroatoms. The summed E-state index contributed by atoms with van der Waals surface area (Å²) in [4.78, 5) is 31.4. The van der Waals surface area contributed by atoms with Crippen LogP contribution in [0.5, 0.6) is 0 Å². The maximum Gasteiger partial charge on any atom is 3.00 e. The predicted octanol–water partition coefficient (Wildman–Crippen LogP) is 4.04. The summed E-state index contributed by atoms with van der Waals surface area (Å²) < 4.78 is 0. The van der Waals surface area contributed by atoms with E-state index in [-0.39, 0.29) is 50.3 Å². The summed E-state index contributed by atoms with van der Waals surface area (Å²) in [6.45, 7) is 18.8. The molecule has 0 aromatic heterocycles. The van der Waals surface area contributed by atoms with Crippen LogP contribution in [0, 0.1) is 0 Å². The molecule has 0 bridgehead atoms. The van der Waals surface area contributed by atoms with Crippen LogP contribution in [0.1, 0.15) is 110 Å². The third-order valence-corrected chi connectivity index (χ3v) is 5.96. The van der Waals surface area contributed by atoms with Gasteiger partial charge in [-0.1, -0.05) is 135 Å². The number of benzene rings is 3. The summed E-state index contributed by atoms with van der Waals surface area (Å²) >= 11 is 0. The molecule has 0 atom stereocenters. The molecule has 0 N–H and O–H groups in total. The summed E-state index contributed by atoms with van der Waals surface area (Å²) in [7, 11) is 0. The van der Waals surface area contributed by atoms with Crippen LogP contribution in [0.15, 0.2) is 72.8 Å². The molecule has 40 heavy (non-hydrogen) atoms. The molecule has 0 heterocycles. The first-order valence-corrected chi connectivity index (χ1v) is 12.7. The van der Waals surface area contributed by atoms with E-state index in [1.54, 1.807) is 36.4 Å². The van der Waals surface area contributed by atoms with E-state index in [1.807, 2.05) is 36.4 Å². The number of hydrogen-bond acceptors (Lipinski definition) is 6. The fourth-order valence-electron chi connectivity index (χ4n) is 3.32. The normalized spacial score (nSPS) is 11.0. The van der Waals surface area contributed by atoms with Crippen molar-refractivity contribution in [2.75, 3.05) is 0 Å². The Morgan fingerprint density at radius 2 is 0.550 bits per heavy atom. The Bertz CT molecular complexity index is 1080. The molecule has 6 nitrogen and oxygen atoms in total. The van der Waals surface area contributed by atoms with Crippen molar-refractivity contribution < 1.29 is 47.1 Å². The molecule has 3 aromatic rings. The Labute approximate surface area is 249 Å². The van der Waals surface area contributed by atoms with E-state index in [9.17, 15) is 29.7 Å². The van der Waals surface area contributed by atoms with Crippen LogP contribution < -0.4 is 15.3 Å². The number of aromatic carboxylic acids is 3. The molecule has 0 unspecified atom stereocenters. The second-order valence-corrected chi connectivity index (χ2v) is 12.3. The van der Waals surface area contributed by atoms with Gasteiger partial charge in [-0.2, -0.15) is 0 Å². The smallest absolute Gasteiger partial charge is 0.545 e. The van der Waals surface area contributed by atoms with Gasteiger partial charge in [-0.25, -0.2) is 0 Å². The van der Waals surface area contributed by atoms with Crippen LogP contribution in [0.2, 0.25) is 0 Å². The largest absolute Gasteiger partial charge is 3.00 e. The zero-order chi connectivity index (χ0) is 30.2. The SMILES string of the molecule is CC(C)(C)c1ccc(C(=O)[O-])cc1.CC(C)(C)c1ccc(C(=O)[O-])cc1.CC(C)(C)c1ccc(C(=O)[O-])cc1.[Cr+3]. The van der Waals surface area contributed by atoms with E-state index in [2.05, 4.69) is 62.3 Å². The van der Waals surface area contributed by atoms with Gasteiger partial charge < -0.3 is 29.7 Å². The van der Waals surface area contributed by atoms with Gasteiger partial charge >= 0.3 is 17.4 Å². The van der Waals surface area contributed by atoms with Gasteiger partial charge in [0, 0.05) is 0 Å². The molecular formula is C33H39CrO6. The van der Waals surface area contributed by atoms with Gasteiger partial charge in [0.25, 0.3) is 0 Å². The van der Waals surface area contributed by atoms with E-state index in [0.29, 0.717) is 0 Å². The van der Waals surface area contributed by atoms with Crippen molar-refractivity contribution in [1.82, 2.24) is 0 Å². The van der Waals surface area contributed by atoms with Crippen molar-refractivity contribution in [2.45, 2.75) is 78.6 Å². The summed E-state index contributed by atoms with van der Waals surface area (Å²) in [6, 6.07) is 20.4. The van der Waals surface area contributed by atoms with Crippen molar-refractivity contribution >= 4 is 17.9 Å². The molecule has 0 saturated heterocycles. The van der Waals surface area contributed by atoms with Crippen LogP contribution in [-0.4, -0.2) is 17.9 Å². The number of carboxylic acids is 3. The summed E-state index contributed by atoms with van der Waals surface area (Å²) in [5.41, 5.74) is 4.24. The van der Waals surface area contributed by atoms with E-state index >= 15 is 0 Å². The van der Waals surface area contributed by atoms with Crippen LogP contribution in [0.4, 0.5) is 0 Å². The van der Waals surface area contributed by atoms with Gasteiger partial charge in [0.2, 0.25) is 0 Å². The number of carbonyl (C=O) groups is 3. The van der Waals surface area contributed by atoms with Gasteiger partial charge in [0.1, 0.15) is 0 Å². The quantitative estimate of drug-likeness (QED) is 0.459. The Morgan fingerprint density at radius 1 is 0.400 bits per heavy atom. The van der Waals surface area contributed by atoms with E-state index in [0.717, 1.165) is 16.7 Å². The topological polar surface area (TPSA) is 120 Å². The Kier molecular flexibility index (Phi) is 13.6. The van der Waals surface area contributed by atoms with Gasteiger partial charge in [-0.3, -0.25) is 0 Å². The third kappa shape index (κ3) is 12.2. The predicted molar refractivity (Wildman–Crippen MR) is 148 cm³/mol. The molecule has 213 valence electrons. The molecule has 3 aromatic carbocycles. The summed E-state index contributed by atoms with van der Waals surface area (Å²) in [5.74, 6) is -3.37. The number of rotatable bonds is 3. The second kappa shape index (κ2) is 14.8. The van der Waals surface area contributed by atoms with Crippen LogP contribution in [-0.2, 0) is 33.6 Å². The number of carbonyl (C=O) groups excluding carboxylic acids is 3. The fourth-order valence-corrected chi connectivity index (χ4v) is 3.32. The summed E-state index contributed by atoms with van der Waals surface area (Å²) in [5, 5.41) is 31.4. The first-order chi connectivity index (χ1) is 17.7. The molecular weight excluding hydrogens is 544 g/mol.